The molecule has 0 amide bonds. The molecule has 3 heteroatoms. The minimum absolute atomic E-state index is 0.0316. The first kappa shape index (κ1) is 15.9. The average Bonchev–Trinajstić information content (AvgIpc) is 2.45. The van der Waals surface area contributed by atoms with Crippen LogP contribution in [0.2, 0.25) is 5.02 Å². The van der Waals surface area contributed by atoms with E-state index in [0.717, 1.165) is 11.1 Å². The van der Waals surface area contributed by atoms with Crippen molar-refractivity contribution >= 4 is 11.6 Å². The molecular weight excluding hydrogens is 282 g/mol. The second-order valence-corrected chi connectivity index (χ2v) is 6.63. The Morgan fingerprint density at radius 1 is 1.05 bits per heavy atom. The summed E-state index contributed by atoms with van der Waals surface area (Å²) in [4.78, 5) is 0. The van der Waals surface area contributed by atoms with Crippen LogP contribution in [0, 0.1) is 5.41 Å². The Bertz CT molecular complexity index is 590. The van der Waals surface area contributed by atoms with Crippen LogP contribution in [0.5, 0.6) is 5.75 Å². The van der Waals surface area contributed by atoms with Crippen molar-refractivity contribution in [3.63, 3.8) is 0 Å². The molecule has 0 fully saturated rings. The molecule has 1 atom stereocenters. The fourth-order valence-corrected chi connectivity index (χ4v) is 2.36. The number of hydrogen-bond donors (Lipinski definition) is 1. The van der Waals surface area contributed by atoms with Gasteiger partial charge in [0, 0.05) is 12.0 Å². The highest BCUT2D eigenvalue weighted by molar-refractivity contribution is 6.32. The quantitative estimate of drug-likeness (QED) is 0.884. The lowest BCUT2D eigenvalue weighted by Crippen LogP contribution is -2.38. The highest BCUT2D eigenvalue weighted by Gasteiger charge is 2.25. The monoisotopic (exact) mass is 303 g/mol. The predicted octanol–water partition coefficient (Wildman–Crippen LogP) is 4.76. The van der Waals surface area contributed by atoms with Gasteiger partial charge in [0.2, 0.25) is 0 Å². The summed E-state index contributed by atoms with van der Waals surface area (Å²) in [5, 5.41) is 0.610. The third kappa shape index (κ3) is 3.99. The summed E-state index contributed by atoms with van der Waals surface area (Å²) in [6.07, 6.45) is -0.0717. The van der Waals surface area contributed by atoms with Crippen LogP contribution in [-0.2, 0) is 0 Å². The highest BCUT2D eigenvalue weighted by atomic mass is 35.5. The van der Waals surface area contributed by atoms with Gasteiger partial charge in [-0.3, -0.25) is 0 Å². The van der Waals surface area contributed by atoms with Crippen molar-refractivity contribution in [1.29, 1.82) is 0 Å². The van der Waals surface area contributed by atoms with E-state index in [1.54, 1.807) is 0 Å². The number of ether oxygens (including phenoxy) is 1. The zero-order valence-electron chi connectivity index (χ0n) is 12.8. The third-order valence-corrected chi connectivity index (χ3v) is 3.78. The molecule has 0 spiro atoms. The number of benzene rings is 2. The third-order valence-electron chi connectivity index (χ3n) is 3.49. The minimum atomic E-state index is -0.0717. The van der Waals surface area contributed by atoms with Gasteiger partial charge in [-0.25, -0.2) is 0 Å². The molecule has 0 saturated heterocycles. The molecule has 0 aromatic heterocycles. The van der Waals surface area contributed by atoms with Crippen molar-refractivity contribution in [2.24, 2.45) is 11.1 Å². The SMILES string of the molecule is CC(C)(C)C(CN)Oc1ccc(-c2ccccc2)cc1Cl. The van der Waals surface area contributed by atoms with E-state index in [9.17, 15) is 0 Å². The summed E-state index contributed by atoms with van der Waals surface area (Å²) in [6.45, 7) is 6.78. The zero-order valence-corrected chi connectivity index (χ0v) is 13.5. The van der Waals surface area contributed by atoms with Gasteiger partial charge in [-0.1, -0.05) is 68.8 Å². The van der Waals surface area contributed by atoms with Gasteiger partial charge in [0.15, 0.2) is 0 Å². The Hall–Kier alpha value is -1.51. The van der Waals surface area contributed by atoms with Gasteiger partial charge in [-0.2, -0.15) is 0 Å². The van der Waals surface area contributed by atoms with E-state index in [2.05, 4.69) is 32.9 Å². The topological polar surface area (TPSA) is 35.2 Å². The Morgan fingerprint density at radius 3 is 2.24 bits per heavy atom. The first-order valence-electron chi connectivity index (χ1n) is 7.13. The van der Waals surface area contributed by atoms with Crippen LogP contribution in [-0.4, -0.2) is 12.6 Å². The first-order chi connectivity index (χ1) is 9.91. The Balaban J connectivity index is 2.24. The summed E-state index contributed by atoms with van der Waals surface area (Å²) in [7, 11) is 0. The largest absolute Gasteiger partial charge is 0.487 e. The van der Waals surface area contributed by atoms with Crippen molar-refractivity contribution < 1.29 is 4.74 Å². The standard InChI is InChI=1S/C18H22ClNO/c1-18(2,3)17(12-20)21-16-10-9-14(11-15(16)19)13-7-5-4-6-8-13/h4-11,17H,12,20H2,1-3H3. The molecule has 0 heterocycles. The second kappa shape index (κ2) is 6.50. The minimum Gasteiger partial charge on any atom is -0.487 e. The molecule has 0 radical (unpaired) electrons. The average molecular weight is 304 g/mol. The Kier molecular flexibility index (Phi) is 4.92. The van der Waals surface area contributed by atoms with E-state index in [-0.39, 0.29) is 11.5 Å². The van der Waals surface area contributed by atoms with E-state index in [4.69, 9.17) is 22.1 Å². The van der Waals surface area contributed by atoms with Crippen LogP contribution in [0.1, 0.15) is 20.8 Å². The van der Waals surface area contributed by atoms with Crippen LogP contribution in [0.15, 0.2) is 48.5 Å². The fraction of sp³-hybridized carbons (Fsp3) is 0.333. The molecule has 112 valence electrons. The van der Waals surface area contributed by atoms with Crippen LogP contribution >= 0.6 is 11.6 Å². The molecule has 1 unspecified atom stereocenters. The molecule has 21 heavy (non-hydrogen) atoms. The molecule has 0 aliphatic heterocycles. The normalized spacial score (nSPS) is 13.0. The number of hydrogen-bond acceptors (Lipinski definition) is 2. The predicted molar refractivity (Wildman–Crippen MR) is 89.8 cm³/mol. The number of nitrogens with two attached hydrogens (primary N) is 1. The van der Waals surface area contributed by atoms with Crippen molar-refractivity contribution in [2.45, 2.75) is 26.9 Å². The maximum Gasteiger partial charge on any atom is 0.138 e. The van der Waals surface area contributed by atoms with Gasteiger partial charge in [-0.15, -0.1) is 0 Å². The molecule has 2 rings (SSSR count). The van der Waals surface area contributed by atoms with Gasteiger partial charge in [0.25, 0.3) is 0 Å². The maximum atomic E-state index is 6.36. The van der Waals surface area contributed by atoms with Gasteiger partial charge in [0.05, 0.1) is 5.02 Å². The summed E-state index contributed by atoms with van der Waals surface area (Å²) < 4.78 is 5.99. The molecular formula is C18H22ClNO. The summed E-state index contributed by atoms with van der Waals surface area (Å²) in [6, 6.07) is 16.0. The van der Waals surface area contributed by atoms with Crippen molar-refractivity contribution in [3.8, 4) is 16.9 Å². The lowest BCUT2D eigenvalue weighted by Gasteiger charge is -2.30. The van der Waals surface area contributed by atoms with Gasteiger partial charge in [-0.05, 0) is 23.3 Å². The van der Waals surface area contributed by atoms with Crippen molar-refractivity contribution in [1.82, 2.24) is 0 Å². The lowest BCUT2D eigenvalue weighted by molar-refractivity contribution is 0.0943. The van der Waals surface area contributed by atoms with E-state index in [1.165, 1.54) is 0 Å². The van der Waals surface area contributed by atoms with Crippen molar-refractivity contribution in [3.05, 3.63) is 53.6 Å². The van der Waals surface area contributed by atoms with Crippen molar-refractivity contribution in [2.75, 3.05) is 6.54 Å². The smallest absolute Gasteiger partial charge is 0.138 e. The van der Waals surface area contributed by atoms with Crippen LogP contribution < -0.4 is 10.5 Å². The second-order valence-electron chi connectivity index (χ2n) is 6.22. The Morgan fingerprint density at radius 2 is 1.71 bits per heavy atom. The molecule has 0 saturated carbocycles. The lowest BCUT2D eigenvalue weighted by atomic mass is 9.89. The number of rotatable bonds is 4. The molecule has 2 aromatic rings. The molecule has 2 N–H and O–H groups in total. The fourth-order valence-electron chi connectivity index (χ4n) is 2.14. The molecule has 0 aliphatic rings. The van der Waals surface area contributed by atoms with Crippen LogP contribution in [0.4, 0.5) is 0 Å². The molecule has 2 aromatic carbocycles. The van der Waals surface area contributed by atoms with Gasteiger partial charge in [0.1, 0.15) is 11.9 Å². The van der Waals surface area contributed by atoms with Crippen LogP contribution in [0.3, 0.4) is 0 Å². The summed E-state index contributed by atoms with van der Waals surface area (Å²) >= 11 is 6.36. The molecule has 2 nitrogen and oxygen atoms in total. The first-order valence-corrected chi connectivity index (χ1v) is 7.51. The molecule has 0 bridgehead atoms. The van der Waals surface area contributed by atoms with Gasteiger partial charge >= 0.3 is 0 Å². The molecule has 0 aliphatic carbocycles. The Labute approximate surface area is 131 Å². The number of halogens is 1. The summed E-state index contributed by atoms with van der Waals surface area (Å²) in [5.74, 6) is 0.682. The van der Waals surface area contributed by atoms with Gasteiger partial charge < -0.3 is 10.5 Å². The van der Waals surface area contributed by atoms with E-state index >= 15 is 0 Å². The highest BCUT2D eigenvalue weighted by Crippen LogP contribution is 2.33. The van der Waals surface area contributed by atoms with E-state index in [0.29, 0.717) is 17.3 Å². The maximum absolute atomic E-state index is 6.36. The van der Waals surface area contributed by atoms with Crippen LogP contribution in [0.25, 0.3) is 11.1 Å². The summed E-state index contributed by atoms with van der Waals surface area (Å²) in [5.41, 5.74) is 7.99. The van der Waals surface area contributed by atoms with E-state index < -0.39 is 0 Å². The zero-order chi connectivity index (χ0) is 15.5. The van der Waals surface area contributed by atoms with E-state index in [1.807, 2.05) is 36.4 Å².